The highest BCUT2D eigenvalue weighted by molar-refractivity contribution is 7.99. The molecule has 0 saturated heterocycles. The largest absolute Gasteiger partial charge is 0.351 e. The Hall–Kier alpha value is -1.83. The molecule has 1 amide bonds. The van der Waals surface area contributed by atoms with Gasteiger partial charge in [-0.05, 0) is 55.7 Å². The minimum absolute atomic E-state index is 0.0901. The third kappa shape index (κ3) is 4.35. The third-order valence-electron chi connectivity index (χ3n) is 6.44. The topological polar surface area (TPSA) is 64.0 Å². The van der Waals surface area contributed by atoms with Crippen molar-refractivity contribution in [2.75, 3.05) is 5.75 Å². The highest BCUT2D eigenvalue weighted by Crippen LogP contribution is 2.37. The van der Waals surface area contributed by atoms with Gasteiger partial charge < -0.3 is 5.32 Å². The molecule has 5 rings (SSSR count). The third-order valence-corrected chi connectivity index (χ3v) is 8.95. The number of hydrogen-bond donors (Lipinski definition) is 1. The molecule has 1 N–H and O–H groups in total. The van der Waals surface area contributed by atoms with Gasteiger partial charge in [-0.1, -0.05) is 54.4 Å². The second-order valence-corrected chi connectivity index (χ2v) is 11.0. The molecule has 2 aromatic heterocycles. The minimum atomic E-state index is -0.0901. The Balaban J connectivity index is 1.40. The van der Waals surface area contributed by atoms with Crippen molar-refractivity contribution in [1.82, 2.24) is 14.9 Å². The van der Waals surface area contributed by atoms with Crippen molar-refractivity contribution in [1.29, 1.82) is 0 Å². The van der Waals surface area contributed by atoms with Crippen molar-refractivity contribution in [2.45, 2.75) is 69.1 Å². The summed E-state index contributed by atoms with van der Waals surface area (Å²) in [5.41, 5.74) is 2.22. The van der Waals surface area contributed by atoms with E-state index in [9.17, 15) is 9.59 Å². The number of carbonyl (C=O) groups excluding carboxylic acids is 1. The highest BCUT2D eigenvalue weighted by atomic mass is 35.5. The first-order valence-corrected chi connectivity index (χ1v) is 13.5. The summed E-state index contributed by atoms with van der Waals surface area (Å²) in [6.45, 7) is 0.388. The monoisotopic (exact) mass is 487 g/mol. The van der Waals surface area contributed by atoms with Gasteiger partial charge in [-0.3, -0.25) is 14.2 Å². The van der Waals surface area contributed by atoms with Crippen LogP contribution in [0.15, 0.2) is 34.2 Å². The van der Waals surface area contributed by atoms with E-state index in [0.29, 0.717) is 16.7 Å². The van der Waals surface area contributed by atoms with Crippen molar-refractivity contribution in [3.05, 3.63) is 55.6 Å². The van der Waals surface area contributed by atoms with Crippen LogP contribution in [0.3, 0.4) is 0 Å². The van der Waals surface area contributed by atoms with E-state index in [0.717, 1.165) is 60.7 Å². The molecule has 0 aliphatic heterocycles. The summed E-state index contributed by atoms with van der Waals surface area (Å²) in [6.07, 6.45) is 8.64. The number of rotatable bonds is 6. The lowest BCUT2D eigenvalue weighted by Crippen LogP contribution is -2.28. The number of carbonyl (C=O) groups is 1. The van der Waals surface area contributed by atoms with Crippen LogP contribution in [0.1, 0.15) is 60.6 Å². The standard InChI is InChI=1S/C24H26ClN3O2S2/c25-18-11-5-1-7-15(18)13-26-20(29)14-31-24-27-22-21(17-10-4-6-12-19(17)32-22)23(30)28(24)16-8-2-3-9-16/h1,5,7,11,16H,2-4,6,8-10,12-14H2,(H,26,29). The van der Waals surface area contributed by atoms with Gasteiger partial charge in [-0.2, -0.15) is 0 Å². The zero-order valence-corrected chi connectivity index (χ0v) is 20.3. The molecule has 2 aliphatic carbocycles. The second-order valence-electron chi connectivity index (χ2n) is 8.56. The van der Waals surface area contributed by atoms with E-state index in [1.165, 1.54) is 28.6 Å². The summed E-state index contributed by atoms with van der Waals surface area (Å²) >= 11 is 9.23. The van der Waals surface area contributed by atoms with E-state index in [4.69, 9.17) is 16.6 Å². The maximum absolute atomic E-state index is 13.7. The molecule has 1 aromatic carbocycles. The van der Waals surface area contributed by atoms with E-state index >= 15 is 0 Å². The minimum Gasteiger partial charge on any atom is -0.351 e. The maximum atomic E-state index is 13.7. The van der Waals surface area contributed by atoms with Crippen LogP contribution in [0.25, 0.3) is 10.2 Å². The van der Waals surface area contributed by atoms with Crippen LogP contribution in [-0.4, -0.2) is 21.2 Å². The van der Waals surface area contributed by atoms with Gasteiger partial charge in [0.05, 0.1) is 11.1 Å². The average molecular weight is 488 g/mol. The van der Waals surface area contributed by atoms with Gasteiger partial charge in [0.2, 0.25) is 5.91 Å². The maximum Gasteiger partial charge on any atom is 0.263 e. The van der Waals surface area contributed by atoms with Crippen LogP contribution in [0, 0.1) is 0 Å². The van der Waals surface area contributed by atoms with Crippen molar-refractivity contribution in [3.8, 4) is 0 Å². The number of hydrogen-bond acceptors (Lipinski definition) is 5. The zero-order chi connectivity index (χ0) is 22.1. The molecule has 2 heterocycles. The molecule has 1 saturated carbocycles. The Morgan fingerprint density at radius 2 is 1.97 bits per heavy atom. The quantitative estimate of drug-likeness (QED) is 0.367. The molecule has 8 heteroatoms. The lowest BCUT2D eigenvalue weighted by molar-refractivity contribution is -0.118. The van der Waals surface area contributed by atoms with Crippen LogP contribution in [-0.2, 0) is 24.2 Å². The van der Waals surface area contributed by atoms with Crippen LogP contribution in [0.5, 0.6) is 0 Å². The van der Waals surface area contributed by atoms with E-state index in [2.05, 4.69) is 5.32 Å². The molecule has 0 radical (unpaired) electrons. The molecule has 2 aliphatic rings. The first kappa shape index (κ1) is 22.0. The van der Waals surface area contributed by atoms with E-state index < -0.39 is 0 Å². The lowest BCUT2D eigenvalue weighted by atomic mass is 9.97. The van der Waals surface area contributed by atoms with Crippen molar-refractivity contribution < 1.29 is 4.79 Å². The molecule has 0 atom stereocenters. The Bertz CT molecular complexity index is 1210. The Morgan fingerprint density at radius 3 is 2.78 bits per heavy atom. The van der Waals surface area contributed by atoms with Gasteiger partial charge in [-0.25, -0.2) is 4.98 Å². The molecule has 168 valence electrons. The van der Waals surface area contributed by atoms with E-state index in [1.807, 2.05) is 28.8 Å². The molecule has 1 fully saturated rings. The Kier molecular flexibility index (Phi) is 6.58. The Morgan fingerprint density at radius 1 is 1.19 bits per heavy atom. The number of benzene rings is 1. The SMILES string of the molecule is O=C(CSc1nc2sc3c(c2c(=O)n1C1CCCC1)CCCC3)NCc1ccccc1Cl. The number of aromatic nitrogens is 2. The molecule has 3 aromatic rings. The van der Waals surface area contributed by atoms with Crippen LogP contribution < -0.4 is 10.9 Å². The molecular formula is C24H26ClN3O2S2. The molecule has 0 spiro atoms. The number of fused-ring (bicyclic) bond motifs is 3. The highest BCUT2D eigenvalue weighted by Gasteiger charge is 2.27. The summed E-state index contributed by atoms with van der Waals surface area (Å²) in [5.74, 6) is 0.132. The summed E-state index contributed by atoms with van der Waals surface area (Å²) < 4.78 is 1.91. The lowest BCUT2D eigenvalue weighted by Gasteiger charge is -2.18. The second kappa shape index (κ2) is 9.57. The first-order chi connectivity index (χ1) is 15.6. The summed E-state index contributed by atoms with van der Waals surface area (Å²) in [5, 5.41) is 5.10. The normalized spacial score (nSPS) is 16.4. The number of nitrogens with zero attached hydrogens (tertiary/aromatic N) is 2. The summed E-state index contributed by atoms with van der Waals surface area (Å²) in [6, 6.07) is 7.68. The van der Waals surface area contributed by atoms with Crippen molar-refractivity contribution >= 4 is 50.8 Å². The van der Waals surface area contributed by atoms with E-state index in [1.54, 1.807) is 11.3 Å². The summed E-state index contributed by atoms with van der Waals surface area (Å²) in [4.78, 5) is 33.3. The predicted molar refractivity (Wildman–Crippen MR) is 132 cm³/mol. The number of aryl methyl sites for hydroxylation is 2. The number of amides is 1. The number of nitrogens with one attached hydrogen (secondary N) is 1. The molecule has 0 unspecified atom stereocenters. The number of thioether (sulfide) groups is 1. The zero-order valence-electron chi connectivity index (χ0n) is 17.9. The summed E-state index contributed by atoms with van der Waals surface area (Å²) in [7, 11) is 0. The van der Waals surface area contributed by atoms with Gasteiger partial charge in [0.15, 0.2) is 5.16 Å². The Labute approximate surface area is 200 Å². The number of halogens is 1. The fourth-order valence-corrected chi connectivity index (χ4v) is 7.20. The van der Waals surface area contributed by atoms with Gasteiger partial charge >= 0.3 is 0 Å². The van der Waals surface area contributed by atoms with Crippen LogP contribution in [0.4, 0.5) is 0 Å². The van der Waals surface area contributed by atoms with Gasteiger partial charge in [0.25, 0.3) is 5.56 Å². The van der Waals surface area contributed by atoms with Gasteiger partial charge in [0.1, 0.15) is 4.83 Å². The van der Waals surface area contributed by atoms with Gasteiger partial charge in [0, 0.05) is 22.5 Å². The van der Waals surface area contributed by atoms with Crippen molar-refractivity contribution in [3.63, 3.8) is 0 Å². The first-order valence-electron chi connectivity index (χ1n) is 11.3. The van der Waals surface area contributed by atoms with Gasteiger partial charge in [-0.15, -0.1) is 11.3 Å². The van der Waals surface area contributed by atoms with Crippen LogP contribution >= 0.6 is 34.7 Å². The fourth-order valence-electron chi connectivity index (χ4n) is 4.80. The molecule has 5 nitrogen and oxygen atoms in total. The fraction of sp³-hybridized carbons (Fsp3) is 0.458. The molecular weight excluding hydrogens is 462 g/mol. The number of thiophene rings is 1. The molecule has 32 heavy (non-hydrogen) atoms. The smallest absolute Gasteiger partial charge is 0.263 e. The average Bonchev–Trinajstić information content (AvgIpc) is 3.45. The predicted octanol–water partition coefficient (Wildman–Crippen LogP) is 5.51. The van der Waals surface area contributed by atoms with Crippen molar-refractivity contribution in [2.24, 2.45) is 0 Å². The van der Waals surface area contributed by atoms with E-state index in [-0.39, 0.29) is 23.3 Å². The van der Waals surface area contributed by atoms with Crippen LogP contribution in [0.2, 0.25) is 5.02 Å². The molecule has 0 bridgehead atoms.